The standard InChI is InChI=1S/C19H27N3O3/c1-13(2)18-17(14(3)21-25-18)19(23)20-12-15(16-8-7-11-24-16)22-9-5-4-6-10-22/h7-8,11,13,15H,4-6,9-10,12H2,1-3H3,(H,20,23)/t15-/m0/s1. The van der Waals surface area contributed by atoms with Crippen molar-refractivity contribution in [2.45, 2.75) is 52.0 Å². The van der Waals surface area contributed by atoms with E-state index < -0.39 is 0 Å². The SMILES string of the molecule is Cc1noc(C(C)C)c1C(=O)NC[C@@H](c1ccco1)N1CCCCC1. The zero-order valence-corrected chi connectivity index (χ0v) is 15.2. The number of nitrogens with one attached hydrogen (secondary N) is 1. The number of likely N-dealkylation sites (tertiary alicyclic amines) is 1. The summed E-state index contributed by atoms with van der Waals surface area (Å²) in [5, 5.41) is 7.03. The quantitative estimate of drug-likeness (QED) is 0.865. The molecule has 1 aliphatic heterocycles. The number of aromatic nitrogens is 1. The van der Waals surface area contributed by atoms with E-state index in [1.807, 2.05) is 26.0 Å². The molecule has 0 unspecified atom stereocenters. The largest absolute Gasteiger partial charge is 0.468 e. The fraction of sp³-hybridized carbons (Fsp3) is 0.579. The first-order chi connectivity index (χ1) is 12.1. The molecule has 0 spiro atoms. The van der Waals surface area contributed by atoms with Crippen LogP contribution in [0.1, 0.15) is 72.6 Å². The van der Waals surface area contributed by atoms with E-state index >= 15 is 0 Å². The molecule has 1 atom stereocenters. The predicted octanol–water partition coefficient (Wildman–Crippen LogP) is 3.66. The van der Waals surface area contributed by atoms with Crippen LogP contribution >= 0.6 is 0 Å². The highest BCUT2D eigenvalue weighted by Crippen LogP contribution is 2.26. The second-order valence-electron chi connectivity index (χ2n) is 7.00. The molecule has 136 valence electrons. The van der Waals surface area contributed by atoms with Crippen LogP contribution in [0, 0.1) is 6.92 Å². The lowest BCUT2D eigenvalue weighted by atomic mass is 10.0. The number of hydrogen-bond acceptors (Lipinski definition) is 5. The fourth-order valence-corrected chi connectivity index (χ4v) is 3.46. The molecule has 2 aromatic rings. The number of carbonyl (C=O) groups is 1. The highest BCUT2D eigenvalue weighted by atomic mass is 16.5. The minimum atomic E-state index is -0.129. The molecule has 0 saturated carbocycles. The normalized spacial score (nSPS) is 17.0. The number of amides is 1. The molecule has 1 saturated heterocycles. The summed E-state index contributed by atoms with van der Waals surface area (Å²) in [7, 11) is 0. The van der Waals surface area contributed by atoms with Crippen molar-refractivity contribution in [2.24, 2.45) is 0 Å². The Morgan fingerprint density at radius 2 is 2.08 bits per heavy atom. The number of piperidine rings is 1. The summed E-state index contributed by atoms with van der Waals surface area (Å²) in [5.41, 5.74) is 1.19. The molecule has 1 N–H and O–H groups in total. The third-order valence-electron chi connectivity index (χ3n) is 4.80. The molecular formula is C19H27N3O3. The predicted molar refractivity (Wildman–Crippen MR) is 94.5 cm³/mol. The van der Waals surface area contributed by atoms with Crippen molar-refractivity contribution in [3.63, 3.8) is 0 Å². The maximum atomic E-state index is 12.7. The van der Waals surface area contributed by atoms with Gasteiger partial charge in [-0.2, -0.15) is 0 Å². The van der Waals surface area contributed by atoms with E-state index in [1.54, 1.807) is 13.2 Å². The molecule has 0 bridgehead atoms. The first-order valence-electron chi connectivity index (χ1n) is 9.09. The van der Waals surface area contributed by atoms with Gasteiger partial charge in [0.15, 0.2) is 5.76 Å². The number of carbonyl (C=O) groups excluding carboxylic acids is 1. The zero-order valence-electron chi connectivity index (χ0n) is 15.2. The van der Waals surface area contributed by atoms with Crippen molar-refractivity contribution < 1.29 is 13.7 Å². The minimum absolute atomic E-state index is 0.0573. The highest BCUT2D eigenvalue weighted by molar-refractivity contribution is 5.96. The Labute approximate surface area is 148 Å². The molecule has 6 heteroatoms. The number of aryl methyl sites for hydroxylation is 1. The van der Waals surface area contributed by atoms with Gasteiger partial charge in [-0.15, -0.1) is 0 Å². The van der Waals surface area contributed by atoms with Crippen LogP contribution in [0.2, 0.25) is 0 Å². The Morgan fingerprint density at radius 1 is 1.32 bits per heavy atom. The van der Waals surface area contributed by atoms with Gasteiger partial charge >= 0.3 is 0 Å². The van der Waals surface area contributed by atoms with Gasteiger partial charge in [0.1, 0.15) is 11.3 Å². The van der Waals surface area contributed by atoms with E-state index in [-0.39, 0.29) is 17.9 Å². The van der Waals surface area contributed by atoms with Crippen molar-refractivity contribution in [2.75, 3.05) is 19.6 Å². The first kappa shape index (κ1) is 17.7. The second-order valence-corrected chi connectivity index (χ2v) is 7.00. The van der Waals surface area contributed by atoms with Crippen molar-refractivity contribution in [1.82, 2.24) is 15.4 Å². The van der Waals surface area contributed by atoms with Gasteiger partial charge in [0, 0.05) is 12.5 Å². The van der Waals surface area contributed by atoms with Gasteiger partial charge in [-0.3, -0.25) is 9.69 Å². The lowest BCUT2D eigenvalue weighted by Gasteiger charge is -2.33. The monoisotopic (exact) mass is 345 g/mol. The third kappa shape index (κ3) is 3.95. The lowest BCUT2D eigenvalue weighted by molar-refractivity contribution is 0.0911. The van der Waals surface area contributed by atoms with E-state index in [2.05, 4.69) is 15.4 Å². The minimum Gasteiger partial charge on any atom is -0.468 e. The number of furan rings is 1. The van der Waals surface area contributed by atoms with Gasteiger partial charge in [0.05, 0.1) is 18.0 Å². The number of hydrogen-bond donors (Lipinski definition) is 1. The maximum Gasteiger partial charge on any atom is 0.256 e. The molecule has 0 aliphatic carbocycles. The van der Waals surface area contributed by atoms with Crippen LogP contribution in [0.5, 0.6) is 0 Å². The smallest absolute Gasteiger partial charge is 0.256 e. The summed E-state index contributed by atoms with van der Waals surface area (Å²) in [4.78, 5) is 15.1. The molecule has 1 fully saturated rings. The van der Waals surface area contributed by atoms with E-state index in [1.165, 1.54) is 19.3 Å². The van der Waals surface area contributed by atoms with Crippen molar-refractivity contribution >= 4 is 5.91 Å². The summed E-state index contributed by atoms with van der Waals surface area (Å²) in [6.45, 7) is 8.37. The Balaban J connectivity index is 1.73. The Morgan fingerprint density at radius 3 is 2.72 bits per heavy atom. The van der Waals surface area contributed by atoms with Crippen LogP contribution < -0.4 is 5.32 Å². The molecule has 2 aromatic heterocycles. The van der Waals surface area contributed by atoms with Crippen LogP contribution in [-0.4, -0.2) is 35.6 Å². The molecule has 1 amide bonds. The van der Waals surface area contributed by atoms with E-state index in [0.717, 1.165) is 18.8 Å². The molecule has 0 radical (unpaired) electrons. The van der Waals surface area contributed by atoms with Gasteiger partial charge < -0.3 is 14.3 Å². The number of nitrogens with zero attached hydrogens (tertiary/aromatic N) is 2. The van der Waals surface area contributed by atoms with Crippen LogP contribution in [0.4, 0.5) is 0 Å². The fourth-order valence-electron chi connectivity index (χ4n) is 3.46. The van der Waals surface area contributed by atoms with E-state index in [4.69, 9.17) is 8.94 Å². The van der Waals surface area contributed by atoms with E-state index in [9.17, 15) is 4.79 Å². The summed E-state index contributed by atoms with van der Waals surface area (Å²) < 4.78 is 11.0. The average molecular weight is 345 g/mol. The lowest BCUT2D eigenvalue weighted by Crippen LogP contribution is -2.40. The van der Waals surface area contributed by atoms with Gasteiger partial charge in [-0.05, 0) is 45.0 Å². The first-order valence-corrected chi connectivity index (χ1v) is 9.09. The highest BCUT2D eigenvalue weighted by Gasteiger charge is 2.27. The van der Waals surface area contributed by atoms with Crippen molar-refractivity contribution in [1.29, 1.82) is 0 Å². The van der Waals surface area contributed by atoms with Crippen molar-refractivity contribution in [3.05, 3.63) is 41.2 Å². The summed E-state index contributed by atoms with van der Waals surface area (Å²) in [6.07, 6.45) is 5.33. The molecule has 6 nitrogen and oxygen atoms in total. The Kier molecular flexibility index (Phi) is 5.58. The molecule has 25 heavy (non-hydrogen) atoms. The van der Waals surface area contributed by atoms with Gasteiger partial charge in [0.2, 0.25) is 0 Å². The van der Waals surface area contributed by atoms with Crippen LogP contribution in [0.3, 0.4) is 0 Å². The molecule has 3 heterocycles. The Bertz CT molecular complexity index is 685. The van der Waals surface area contributed by atoms with Gasteiger partial charge in [0.25, 0.3) is 5.91 Å². The summed E-state index contributed by atoms with van der Waals surface area (Å²) in [5.74, 6) is 1.52. The molecular weight excluding hydrogens is 318 g/mol. The van der Waals surface area contributed by atoms with Gasteiger partial charge in [-0.25, -0.2) is 0 Å². The van der Waals surface area contributed by atoms with Gasteiger partial charge in [-0.1, -0.05) is 25.4 Å². The molecule has 0 aromatic carbocycles. The summed E-state index contributed by atoms with van der Waals surface area (Å²) >= 11 is 0. The van der Waals surface area contributed by atoms with Crippen molar-refractivity contribution in [3.8, 4) is 0 Å². The molecule has 1 aliphatic rings. The van der Waals surface area contributed by atoms with Crippen LogP contribution in [-0.2, 0) is 0 Å². The van der Waals surface area contributed by atoms with E-state index in [0.29, 0.717) is 23.6 Å². The molecule has 3 rings (SSSR count). The third-order valence-corrected chi connectivity index (χ3v) is 4.80. The van der Waals surface area contributed by atoms with Crippen LogP contribution in [0.25, 0.3) is 0 Å². The maximum absolute atomic E-state index is 12.7. The zero-order chi connectivity index (χ0) is 17.8. The average Bonchev–Trinajstić information content (AvgIpc) is 3.25. The summed E-state index contributed by atoms with van der Waals surface area (Å²) in [6, 6.07) is 3.94. The topological polar surface area (TPSA) is 71.5 Å². The van der Waals surface area contributed by atoms with Crippen LogP contribution in [0.15, 0.2) is 27.3 Å². The number of rotatable bonds is 6. The second kappa shape index (κ2) is 7.87. The Hall–Kier alpha value is -2.08.